The molecule has 2 heterocycles. The van der Waals surface area contributed by atoms with Gasteiger partial charge in [-0.1, -0.05) is 25.4 Å². The molecule has 1 N–H and O–H groups in total. The van der Waals surface area contributed by atoms with Gasteiger partial charge in [-0.25, -0.2) is 4.98 Å². The lowest BCUT2D eigenvalue weighted by atomic mass is 10.0. The second-order valence-corrected chi connectivity index (χ2v) is 7.87. The number of nitrogens with zero attached hydrogens (tertiary/aromatic N) is 3. The van der Waals surface area contributed by atoms with Gasteiger partial charge in [-0.2, -0.15) is 9.61 Å². The highest BCUT2D eigenvalue weighted by molar-refractivity contribution is 6.31. The molecule has 6 heteroatoms. The summed E-state index contributed by atoms with van der Waals surface area (Å²) in [5, 5.41) is 9.32. The molecule has 1 aromatic carbocycles. The van der Waals surface area contributed by atoms with Gasteiger partial charge in [0.25, 0.3) is 0 Å². The highest BCUT2D eigenvalue weighted by Gasteiger charge is 2.26. The maximum absolute atomic E-state index is 6.31. The van der Waals surface area contributed by atoms with Gasteiger partial charge in [-0.05, 0) is 57.2 Å². The van der Waals surface area contributed by atoms with E-state index in [1.165, 1.54) is 11.3 Å². The second-order valence-electron chi connectivity index (χ2n) is 7.44. The van der Waals surface area contributed by atoms with E-state index in [0.29, 0.717) is 11.1 Å². The number of nitrogens with one attached hydrogen (secondary N) is 1. The summed E-state index contributed by atoms with van der Waals surface area (Å²) in [6.45, 7) is 6.46. The first-order valence-electron chi connectivity index (χ1n) is 10.1. The van der Waals surface area contributed by atoms with Gasteiger partial charge in [0, 0.05) is 27.9 Å². The van der Waals surface area contributed by atoms with Gasteiger partial charge < -0.3 is 10.1 Å². The molecule has 0 spiro atoms. The zero-order chi connectivity index (χ0) is 19.8. The van der Waals surface area contributed by atoms with Crippen molar-refractivity contribution in [2.75, 3.05) is 12.4 Å². The van der Waals surface area contributed by atoms with Crippen molar-refractivity contribution in [2.45, 2.75) is 58.9 Å². The number of anilines is 1. The van der Waals surface area contributed by atoms with E-state index in [1.54, 1.807) is 7.11 Å². The lowest BCUT2D eigenvalue weighted by Gasteiger charge is -2.20. The lowest BCUT2D eigenvalue weighted by molar-refractivity contribution is 0.416. The van der Waals surface area contributed by atoms with Crippen LogP contribution in [-0.4, -0.2) is 27.7 Å². The predicted molar refractivity (Wildman–Crippen MR) is 115 cm³/mol. The normalized spacial score (nSPS) is 13.4. The number of halogens is 1. The van der Waals surface area contributed by atoms with Crippen LogP contribution < -0.4 is 10.1 Å². The Bertz CT molecular complexity index is 1020. The molecule has 28 heavy (non-hydrogen) atoms. The van der Waals surface area contributed by atoms with Crippen molar-refractivity contribution in [1.29, 1.82) is 0 Å². The third-order valence-corrected chi connectivity index (χ3v) is 5.96. The van der Waals surface area contributed by atoms with Gasteiger partial charge in [0.15, 0.2) is 5.65 Å². The minimum Gasteiger partial charge on any atom is -0.496 e. The number of hydrogen-bond acceptors (Lipinski definition) is 4. The number of aryl methyl sites for hydroxylation is 2. The highest BCUT2D eigenvalue weighted by atomic mass is 35.5. The predicted octanol–water partition coefficient (Wildman–Crippen LogP) is 5.46. The first kappa shape index (κ1) is 19.1. The average molecular weight is 399 g/mol. The lowest BCUT2D eigenvalue weighted by Crippen LogP contribution is -2.21. The van der Waals surface area contributed by atoms with Crippen LogP contribution in [0.1, 0.15) is 50.1 Å². The summed E-state index contributed by atoms with van der Waals surface area (Å²) in [5.41, 5.74) is 6.20. The van der Waals surface area contributed by atoms with Crippen LogP contribution in [0.25, 0.3) is 16.8 Å². The van der Waals surface area contributed by atoms with Gasteiger partial charge in [0.2, 0.25) is 0 Å². The Morgan fingerprint density at radius 1 is 1.25 bits per heavy atom. The summed E-state index contributed by atoms with van der Waals surface area (Å²) in [5.74, 6) is 1.88. The van der Waals surface area contributed by atoms with Crippen molar-refractivity contribution in [1.82, 2.24) is 14.6 Å². The first-order valence-corrected chi connectivity index (χ1v) is 10.5. The summed E-state index contributed by atoms with van der Waals surface area (Å²) < 4.78 is 7.60. The fraction of sp³-hybridized carbons (Fsp3) is 0.455. The number of aromatic nitrogens is 3. The monoisotopic (exact) mass is 398 g/mol. The van der Waals surface area contributed by atoms with E-state index in [4.69, 9.17) is 26.4 Å². The summed E-state index contributed by atoms with van der Waals surface area (Å²) >= 11 is 6.31. The van der Waals surface area contributed by atoms with Gasteiger partial charge in [0.05, 0.1) is 18.4 Å². The maximum Gasteiger partial charge on any atom is 0.165 e. The minimum absolute atomic E-state index is 0.420. The molecule has 0 atom stereocenters. The molecule has 0 amide bonds. The second kappa shape index (κ2) is 7.63. The number of ether oxygens (including phenoxy) is 1. The van der Waals surface area contributed by atoms with Crippen LogP contribution >= 0.6 is 11.6 Å². The van der Waals surface area contributed by atoms with Crippen molar-refractivity contribution in [2.24, 2.45) is 0 Å². The molecule has 5 nitrogen and oxygen atoms in total. The molecule has 2 aromatic heterocycles. The fourth-order valence-electron chi connectivity index (χ4n) is 4.16. The Morgan fingerprint density at radius 3 is 2.75 bits per heavy atom. The third kappa shape index (κ3) is 3.12. The topological polar surface area (TPSA) is 51.5 Å². The molecule has 0 fully saturated rings. The SMILES string of the molecule is CCC(CC)Nc1c2c(nc3c(-c4cc(Cl)ccc4OC)c(C)nn13)CCC2. The van der Waals surface area contributed by atoms with Crippen LogP contribution in [0, 0.1) is 6.92 Å². The molecule has 1 aliphatic carbocycles. The highest BCUT2D eigenvalue weighted by Crippen LogP contribution is 2.39. The van der Waals surface area contributed by atoms with Gasteiger partial charge in [-0.15, -0.1) is 0 Å². The molecule has 1 aliphatic rings. The van der Waals surface area contributed by atoms with E-state index in [2.05, 4.69) is 19.2 Å². The number of benzene rings is 1. The van der Waals surface area contributed by atoms with E-state index < -0.39 is 0 Å². The van der Waals surface area contributed by atoms with E-state index >= 15 is 0 Å². The molecule has 0 unspecified atom stereocenters. The quantitative estimate of drug-likeness (QED) is 0.599. The van der Waals surface area contributed by atoms with E-state index in [9.17, 15) is 0 Å². The standard InChI is InChI=1S/C22H27ClN4O/c1-5-15(6-2)24-21-16-8-7-9-18(16)25-22-20(13(3)26-27(21)22)17-12-14(23)10-11-19(17)28-4/h10-12,15,24H,5-9H2,1-4H3. The number of methoxy groups -OCH3 is 1. The Labute approximate surface area is 171 Å². The largest absolute Gasteiger partial charge is 0.496 e. The summed E-state index contributed by atoms with van der Waals surface area (Å²) in [6, 6.07) is 6.10. The average Bonchev–Trinajstić information content (AvgIpc) is 3.28. The molecular weight excluding hydrogens is 372 g/mol. The molecule has 3 aromatic rings. The number of fused-ring (bicyclic) bond motifs is 2. The third-order valence-electron chi connectivity index (χ3n) is 5.72. The Morgan fingerprint density at radius 2 is 2.04 bits per heavy atom. The zero-order valence-electron chi connectivity index (χ0n) is 17.0. The molecule has 4 rings (SSSR count). The van der Waals surface area contributed by atoms with Crippen LogP contribution in [0.15, 0.2) is 18.2 Å². The fourth-order valence-corrected chi connectivity index (χ4v) is 4.33. The summed E-state index contributed by atoms with van der Waals surface area (Å²) in [7, 11) is 1.68. The van der Waals surface area contributed by atoms with E-state index in [0.717, 1.165) is 66.1 Å². The van der Waals surface area contributed by atoms with Crippen LogP contribution in [0.4, 0.5) is 5.82 Å². The molecule has 0 saturated carbocycles. The molecule has 0 radical (unpaired) electrons. The Kier molecular flexibility index (Phi) is 5.19. The first-order chi connectivity index (χ1) is 13.6. The summed E-state index contributed by atoms with van der Waals surface area (Å²) in [4.78, 5) is 5.04. The molecular formula is C22H27ClN4O. The van der Waals surface area contributed by atoms with Crippen molar-refractivity contribution in [3.8, 4) is 16.9 Å². The number of rotatable bonds is 6. The number of hydrogen-bond donors (Lipinski definition) is 1. The van der Waals surface area contributed by atoms with Crippen LogP contribution in [0.5, 0.6) is 5.75 Å². The summed E-state index contributed by atoms with van der Waals surface area (Å²) in [6.07, 6.45) is 5.35. The van der Waals surface area contributed by atoms with Crippen molar-refractivity contribution >= 4 is 23.1 Å². The molecule has 0 bridgehead atoms. The van der Waals surface area contributed by atoms with Crippen molar-refractivity contribution in [3.63, 3.8) is 0 Å². The van der Waals surface area contributed by atoms with Crippen LogP contribution in [0.2, 0.25) is 5.02 Å². The van der Waals surface area contributed by atoms with E-state index in [-0.39, 0.29) is 0 Å². The Balaban J connectivity index is 1.98. The van der Waals surface area contributed by atoms with Gasteiger partial charge in [-0.3, -0.25) is 0 Å². The van der Waals surface area contributed by atoms with Gasteiger partial charge >= 0.3 is 0 Å². The zero-order valence-corrected chi connectivity index (χ0v) is 17.7. The Hall–Kier alpha value is -2.27. The minimum atomic E-state index is 0.420. The van der Waals surface area contributed by atoms with E-state index in [1.807, 2.05) is 29.6 Å². The van der Waals surface area contributed by atoms with Gasteiger partial charge in [0.1, 0.15) is 11.6 Å². The molecule has 0 saturated heterocycles. The van der Waals surface area contributed by atoms with Crippen molar-refractivity contribution in [3.05, 3.63) is 40.2 Å². The molecule has 0 aliphatic heterocycles. The van der Waals surface area contributed by atoms with Crippen LogP contribution in [-0.2, 0) is 12.8 Å². The van der Waals surface area contributed by atoms with Crippen LogP contribution in [0.3, 0.4) is 0 Å². The maximum atomic E-state index is 6.31. The molecule has 148 valence electrons. The smallest absolute Gasteiger partial charge is 0.165 e. The van der Waals surface area contributed by atoms with Crippen molar-refractivity contribution < 1.29 is 4.74 Å².